The van der Waals surface area contributed by atoms with Crippen LogP contribution in [0.25, 0.3) is 0 Å². The fourth-order valence-electron chi connectivity index (χ4n) is 1.78. The summed E-state index contributed by atoms with van der Waals surface area (Å²) in [5.74, 6) is 1.07. The molecule has 0 aromatic heterocycles. The zero-order valence-corrected chi connectivity index (χ0v) is 11.0. The topological polar surface area (TPSA) is 44.5 Å². The highest BCUT2D eigenvalue weighted by Gasteiger charge is 2.24. The van der Waals surface area contributed by atoms with Crippen LogP contribution in [0.2, 0.25) is 0 Å². The molecule has 0 fully saturated rings. The van der Waals surface area contributed by atoms with Gasteiger partial charge in [0.25, 0.3) is 0 Å². The van der Waals surface area contributed by atoms with Crippen LogP contribution in [0.1, 0.15) is 38.1 Å². The number of methoxy groups -OCH3 is 2. The van der Waals surface area contributed by atoms with Crippen LogP contribution >= 0.6 is 0 Å². The highest BCUT2D eigenvalue weighted by Crippen LogP contribution is 2.37. The molecule has 3 nitrogen and oxygen atoms in total. The van der Waals surface area contributed by atoms with E-state index in [4.69, 9.17) is 15.2 Å². The third-order valence-corrected chi connectivity index (χ3v) is 2.68. The predicted molar refractivity (Wildman–Crippen MR) is 66.3 cm³/mol. The number of ether oxygens (including phenoxy) is 2. The van der Waals surface area contributed by atoms with Crippen LogP contribution in [0.4, 0.5) is 4.39 Å². The Kier molecular flexibility index (Phi) is 3.98. The van der Waals surface area contributed by atoms with Gasteiger partial charge in [0.05, 0.1) is 14.2 Å². The van der Waals surface area contributed by atoms with E-state index in [-0.39, 0.29) is 0 Å². The van der Waals surface area contributed by atoms with Gasteiger partial charge in [0.2, 0.25) is 0 Å². The summed E-state index contributed by atoms with van der Waals surface area (Å²) in [6, 6.07) is 3.39. The summed E-state index contributed by atoms with van der Waals surface area (Å²) in [5.41, 5.74) is 6.68. The molecule has 0 heterocycles. The molecular weight excluding hydrogens is 221 g/mol. The molecule has 96 valence electrons. The molecule has 0 amide bonds. The van der Waals surface area contributed by atoms with Gasteiger partial charge >= 0.3 is 0 Å². The normalized spacial score (nSPS) is 13.4. The van der Waals surface area contributed by atoms with Crippen molar-refractivity contribution < 1.29 is 13.9 Å². The first kappa shape index (κ1) is 13.8. The van der Waals surface area contributed by atoms with E-state index >= 15 is 0 Å². The highest BCUT2D eigenvalue weighted by molar-refractivity contribution is 5.50. The first-order valence-electron chi connectivity index (χ1n) is 5.50. The van der Waals surface area contributed by atoms with Gasteiger partial charge in [0.1, 0.15) is 6.17 Å². The molecule has 17 heavy (non-hydrogen) atoms. The molecule has 1 atom stereocenters. The molecule has 0 spiro atoms. The lowest BCUT2D eigenvalue weighted by Gasteiger charge is -2.25. The van der Waals surface area contributed by atoms with Crippen LogP contribution in [-0.2, 0) is 5.54 Å². The second-order valence-electron chi connectivity index (χ2n) is 4.63. The summed E-state index contributed by atoms with van der Waals surface area (Å²) < 4.78 is 24.0. The van der Waals surface area contributed by atoms with Gasteiger partial charge < -0.3 is 15.2 Å². The maximum absolute atomic E-state index is 13.6. The Balaban J connectivity index is 3.46. The lowest BCUT2D eigenvalue weighted by atomic mass is 9.89. The Bertz CT molecular complexity index is 397. The van der Waals surface area contributed by atoms with E-state index in [2.05, 4.69) is 0 Å². The molecular formula is C13H20FNO2. The van der Waals surface area contributed by atoms with Gasteiger partial charge in [-0.15, -0.1) is 0 Å². The fraction of sp³-hybridized carbons (Fsp3) is 0.538. The van der Waals surface area contributed by atoms with Crippen molar-refractivity contribution in [2.24, 2.45) is 5.73 Å². The van der Waals surface area contributed by atoms with Gasteiger partial charge in [0.15, 0.2) is 11.5 Å². The van der Waals surface area contributed by atoms with Gasteiger partial charge in [0, 0.05) is 5.54 Å². The summed E-state index contributed by atoms with van der Waals surface area (Å²) >= 11 is 0. The van der Waals surface area contributed by atoms with Crippen LogP contribution in [-0.4, -0.2) is 14.2 Å². The summed E-state index contributed by atoms with van der Waals surface area (Å²) in [6.45, 7) is 5.15. The number of benzene rings is 1. The van der Waals surface area contributed by atoms with Gasteiger partial charge in [-0.05, 0) is 44.0 Å². The minimum atomic E-state index is -1.10. The van der Waals surface area contributed by atoms with Crippen molar-refractivity contribution in [3.63, 3.8) is 0 Å². The maximum atomic E-state index is 13.6. The molecule has 0 aliphatic rings. The molecule has 0 radical (unpaired) electrons. The first-order valence-corrected chi connectivity index (χ1v) is 5.50. The maximum Gasteiger partial charge on any atom is 0.161 e. The van der Waals surface area contributed by atoms with E-state index in [9.17, 15) is 4.39 Å². The van der Waals surface area contributed by atoms with Crippen molar-refractivity contribution in [3.05, 3.63) is 23.3 Å². The van der Waals surface area contributed by atoms with Gasteiger partial charge in [-0.25, -0.2) is 4.39 Å². The molecule has 2 N–H and O–H groups in total. The minimum absolute atomic E-state index is 0.514. The van der Waals surface area contributed by atoms with Crippen LogP contribution in [0.5, 0.6) is 11.5 Å². The molecule has 0 saturated heterocycles. The van der Waals surface area contributed by atoms with E-state index in [1.807, 2.05) is 13.8 Å². The summed E-state index contributed by atoms with van der Waals surface area (Å²) in [5, 5.41) is 0. The average Bonchev–Trinajstić information content (AvgIpc) is 2.25. The molecule has 1 aromatic carbocycles. The van der Waals surface area contributed by atoms with Crippen LogP contribution in [0, 0.1) is 0 Å². The van der Waals surface area contributed by atoms with Crippen molar-refractivity contribution in [1.82, 2.24) is 0 Å². The Hall–Kier alpha value is -1.29. The number of hydrogen-bond donors (Lipinski definition) is 1. The average molecular weight is 241 g/mol. The lowest BCUT2D eigenvalue weighted by Crippen LogP contribution is -2.30. The largest absolute Gasteiger partial charge is 0.493 e. The van der Waals surface area contributed by atoms with Gasteiger partial charge in [-0.3, -0.25) is 0 Å². The number of hydrogen-bond acceptors (Lipinski definition) is 3. The Morgan fingerprint density at radius 3 is 2.00 bits per heavy atom. The van der Waals surface area contributed by atoms with E-state index in [0.29, 0.717) is 17.1 Å². The summed E-state index contributed by atoms with van der Waals surface area (Å²) in [6.07, 6.45) is -1.10. The second kappa shape index (κ2) is 4.92. The number of alkyl halides is 1. The molecule has 1 unspecified atom stereocenters. The standard InChI is InChI=1S/C13H20FNO2/c1-8(14)9-6-11(16-4)12(17-5)7-10(9)13(2,3)15/h6-8H,15H2,1-5H3. The SMILES string of the molecule is COc1cc(C(C)F)c(C(C)(C)N)cc1OC. The van der Waals surface area contributed by atoms with E-state index < -0.39 is 11.7 Å². The molecule has 0 aliphatic heterocycles. The third kappa shape index (κ3) is 2.88. The first-order chi connectivity index (χ1) is 7.81. The predicted octanol–water partition coefficient (Wildman–Crippen LogP) is 2.93. The molecule has 4 heteroatoms. The molecule has 1 aromatic rings. The lowest BCUT2D eigenvalue weighted by molar-refractivity contribution is 0.341. The highest BCUT2D eigenvalue weighted by atomic mass is 19.1. The fourth-order valence-corrected chi connectivity index (χ4v) is 1.78. The smallest absolute Gasteiger partial charge is 0.161 e. The monoisotopic (exact) mass is 241 g/mol. The van der Waals surface area contributed by atoms with Gasteiger partial charge in [-0.2, -0.15) is 0 Å². The molecule has 0 aliphatic carbocycles. The summed E-state index contributed by atoms with van der Waals surface area (Å²) in [7, 11) is 3.07. The van der Waals surface area contributed by atoms with Crippen molar-refractivity contribution >= 4 is 0 Å². The van der Waals surface area contributed by atoms with Crippen LogP contribution < -0.4 is 15.2 Å². The van der Waals surface area contributed by atoms with Crippen molar-refractivity contribution in [3.8, 4) is 11.5 Å². The van der Waals surface area contributed by atoms with Crippen molar-refractivity contribution in [2.75, 3.05) is 14.2 Å². The van der Waals surface area contributed by atoms with Crippen LogP contribution in [0.3, 0.4) is 0 Å². The van der Waals surface area contributed by atoms with E-state index in [1.54, 1.807) is 19.2 Å². The molecule has 0 saturated carbocycles. The number of halogens is 1. The molecule has 1 rings (SSSR count). The number of nitrogens with two attached hydrogens (primary N) is 1. The Labute approximate surface area is 102 Å². The van der Waals surface area contributed by atoms with Gasteiger partial charge in [-0.1, -0.05) is 0 Å². The zero-order chi connectivity index (χ0) is 13.2. The second-order valence-corrected chi connectivity index (χ2v) is 4.63. The minimum Gasteiger partial charge on any atom is -0.493 e. The quantitative estimate of drug-likeness (QED) is 0.881. The van der Waals surface area contributed by atoms with E-state index in [1.165, 1.54) is 14.0 Å². The zero-order valence-electron chi connectivity index (χ0n) is 11.0. The number of rotatable bonds is 4. The van der Waals surface area contributed by atoms with E-state index in [0.717, 1.165) is 5.56 Å². The third-order valence-electron chi connectivity index (χ3n) is 2.68. The Morgan fingerprint density at radius 2 is 1.65 bits per heavy atom. The van der Waals surface area contributed by atoms with Crippen LogP contribution in [0.15, 0.2) is 12.1 Å². The van der Waals surface area contributed by atoms with Crippen molar-refractivity contribution in [2.45, 2.75) is 32.5 Å². The molecule has 0 bridgehead atoms. The summed E-state index contributed by atoms with van der Waals surface area (Å²) in [4.78, 5) is 0. The van der Waals surface area contributed by atoms with Crippen molar-refractivity contribution in [1.29, 1.82) is 0 Å². The Morgan fingerprint density at radius 1 is 1.18 bits per heavy atom.